The van der Waals surface area contributed by atoms with Gasteiger partial charge < -0.3 is 5.32 Å². The first-order valence-corrected chi connectivity index (χ1v) is 8.29. The number of carbonyl (C=O) groups excluding carboxylic acids is 1. The number of rotatable bonds is 9. The highest BCUT2D eigenvalue weighted by Gasteiger charge is 2.11. The Morgan fingerprint density at radius 3 is 2.29 bits per heavy atom. The zero-order valence-electron chi connectivity index (χ0n) is 12.8. The lowest BCUT2D eigenvalue weighted by atomic mass is 10.2. The van der Waals surface area contributed by atoms with Crippen LogP contribution in [0.15, 0.2) is 18.2 Å². The molecule has 0 aromatic heterocycles. The van der Waals surface area contributed by atoms with Crippen LogP contribution >= 0.6 is 23.2 Å². The molecule has 0 heterocycles. The molecule has 0 bridgehead atoms. The smallest absolute Gasteiger partial charge is 0.238 e. The minimum absolute atomic E-state index is 0.0357. The maximum absolute atomic E-state index is 12.1. The highest BCUT2D eigenvalue weighted by atomic mass is 35.5. The molecule has 0 aliphatic heterocycles. The minimum Gasteiger partial charge on any atom is -0.324 e. The van der Waals surface area contributed by atoms with Gasteiger partial charge in [0, 0.05) is 5.02 Å². The van der Waals surface area contributed by atoms with E-state index in [-0.39, 0.29) is 5.91 Å². The van der Waals surface area contributed by atoms with Gasteiger partial charge in [-0.05, 0) is 44.1 Å². The van der Waals surface area contributed by atoms with Crippen molar-refractivity contribution in [2.75, 3.05) is 25.0 Å². The standard InChI is InChI=1S/C16H24Cl2N2O/c1-3-5-9-20(10-6-4-2)12-16(21)19-15-8-7-13(17)11-14(15)18/h7-8,11H,3-6,9-10,12H2,1-2H3,(H,19,21). The van der Waals surface area contributed by atoms with Gasteiger partial charge in [0.1, 0.15) is 0 Å². The average Bonchev–Trinajstić information content (AvgIpc) is 2.45. The summed E-state index contributed by atoms with van der Waals surface area (Å²) < 4.78 is 0. The SMILES string of the molecule is CCCCN(CCCC)CC(=O)Nc1ccc(Cl)cc1Cl. The monoisotopic (exact) mass is 330 g/mol. The van der Waals surface area contributed by atoms with Crippen LogP contribution < -0.4 is 5.32 Å². The summed E-state index contributed by atoms with van der Waals surface area (Å²) in [6, 6.07) is 5.07. The molecule has 1 rings (SSSR count). The van der Waals surface area contributed by atoms with Crippen LogP contribution in [-0.2, 0) is 4.79 Å². The third kappa shape index (κ3) is 7.16. The van der Waals surface area contributed by atoms with Crippen LogP contribution in [0.5, 0.6) is 0 Å². The van der Waals surface area contributed by atoms with Crippen molar-refractivity contribution in [2.24, 2.45) is 0 Å². The molecule has 21 heavy (non-hydrogen) atoms. The lowest BCUT2D eigenvalue weighted by Crippen LogP contribution is -2.34. The van der Waals surface area contributed by atoms with Crippen molar-refractivity contribution in [2.45, 2.75) is 39.5 Å². The average molecular weight is 331 g/mol. The third-order valence-corrected chi connectivity index (χ3v) is 3.78. The number of hydrogen-bond donors (Lipinski definition) is 1. The zero-order chi connectivity index (χ0) is 15.7. The Bertz CT molecular complexity index is 444. The number of carbonyl (C=O) groups is 1. The topological polar surface area (TPSA) is 32.3 Å². The predicted molar refractivity (Wildman–Crippen MR) is 91.3 cm³/mol. The number of unbranched alkanes of at least 4 members (excludes halogenated alkanes) is 2. The highest BCUT2D eigenvalue weighted by Crippen LogP contribution is 2.25. The summed E-state index contributed by atoms with van der Waals surface area (Å²) in [4.78, 5) is 14.3. The number of nitrogens with one attached hydrogen (secondary N) is 1. The fourth-order valence-corrected chi connectivity index (χ4v) is 2.47. The number of hydrogen-bond acceptors (Lipinski definition) is 2. The molecule has 0 saturated carbocycles. The van der Waals surface area contributed by atoms with Gasteiger partial charge in [0.25, 0.3) is 0 Å². The van der Waals surface area contributed by atoms with Crippen molar-refractivity contribution in [1.29, 1.82) is 0 Å². The van der Waals surface area contributed by atoms with E-state index >= 15 is 0 Å². The van der Waals surface area contributed by atoms with Crippen molar-refractivity contribution < 1.29 is 4.79 Å². The molecular formula is C16H24Cl2N2O. The van der Waals surface area contributed by atoms with E-state index in [9.17, 15) is 4.79 Å². The molecule has 0 atom stereocenters. The molecule has 1 N–H and O–H groups in total. The first-order chi connectivity index (χ1) is 10.1. The molecule has 0 unspecified atom stereocenters. The fourth-order valence-electron chi connectivity index (χ4n) is 2.02. The Labute approximate surface area is 137 Å². The van der Waals surface area contributed by atoms with E-state index in [1.54, 1.807) is 18.2 Å². The Hall–Kier alpha value is -0.770. The van der Waals surface area contributed by atoms with E-state index in [0.29, 0.717) is 22.3 Å². The first kappa shape index (κ1) is 18.3. The molecule has 0 aliphatic carbocycles. The number of halogens is 2. The summed E-state index contributed by atoms with van der Waals surface area (Å²) in [6.07, 6.45) is 4.48. The Morgan fingerprint density at radius 2 is 1.76 bits per heavy atom. The van der Waals surface area contributed by atoms with Gasteiger partial charge in [0.2, 0.25) is 5.91 Å². The van der Waals surface area contributed by atoms with Gasteiger partial charge in [0.05, 0.1) is 17.3 Å². The van der Waals surface area contributed by atoms with Gasteiger partial charge >= 0.3 is 0 Å². The Morgan fingerprint density at radius 1 is 1.14 bits per heavy atom. The van der Waals surface area contributed by atoms with Crippen LogP contribution in [0, 0.1) is 0 Å². The number of benzene rings is 1. The summed E-state index contributed by atoms with van der Waals surface area (Å²) in [5, 5.41) is 3.87. The second kappa shape index (κ2) is 10.0. The molecule has 3 nitrogen and oxygen atoms in total. The van der Waals surface area contributed by atoms with E-state index in [1.807, 2.05) is 0 Å². The molecular weight excluding hydrogens is 307 g/mol. The van der Waals surface area contributed by atoms with Crippen molar-refractivity contribution in [1.82, 2.24) is 4.90 Å². The maximum Gasteiger partial charge on any atom is 0.238 e. The van der Waals surface area contributed by atoms with Crippen LogP contribution in [0.4, 0.5) is 5.69 Å². The van der Waals surface area contributed by atoms with Crippen molar-refractivity contribution in [3.63, 3.8) is 0 Å². The second-order valence-corrected chi connectivity index (χ2v) is 6.00. The van der Waals surface area contributed by atoms with Crippen LogP contribution in [0.1, 0.15) is 39.5 Å². The predicted octanol–water partition coefficient (Wildman–Crippen LogP) is 4.83. The second-order valence-electron chi connectivity index (χ2n) is 5.16. The lowest BCUT2D eigenvalue weighted by molar-refractivity contribution is -0.117. The maximum atomic E-state index is 12.1. The number of nitrogens with zero attached hydrogens (tertiary/aromatic N) is 1. The molecule has 1 amide bonds. The lowest BCUT2D eigenvalue weighted by Gasteiger charge is -2.21. The summed E-state index contributed by atoms with van der Waals surface area (Å²) in [5.74, 6) is -0.0357. The van der Waals surface area contributed by atoms with Crippen LogP contribution in [0.3, 0.4) is 0 Å². The molecule has 0 spiro atoms. The Balaban J connectivity index is 2.55. The van der Waals surface area contributed by atoms with E-state index in [0.717, 1.165) is 38.8 Å². The highest BCUT2D eigenvalue weighted by molar-refractivity contribution is 6.36. The van der Waals surface area contributed by atoms with Gasteiger partial charge in [-0.15, -0.1) is 0 Å². The molecule has 5 heteroatoms. The summed E-state index contributed by atoms with van der Waals surface area (Å²) in [6.45, 7) is 6.63. The van der Waals surface area contributed by atoms with Gasteiger partial charge in [-0.1, -0.05) is 49.9 Å². The van der Waals surface area contributed by atoms with Crippen molar-refractivity contribution in [3.05, 3.63) is 28.2 Å². The molecule has 0 fully saturated rings. The van der Waals surface area contributed by atoms with Gasteiger partial charge in [-0.3, -0.25) is 9.69 Å². The number of anilines is 1. The summed E-state index contributed by atoms with van der Waals surface area (Å²) in [7, 11) is 0. The van der Waals surface area contributed by atoms with Crippen LogP contribution in [-0.4, -0.2) is 30.4 Å². The van der Waals surface area contributed by atoms with Crippen LogP contribution in [0.2, 0.25) is 10.0 Å². The number of amides is 1. The molecule has 0 radical (unpaired) electrons. The minimum atomic E-state index is -0.0357. The molecule has 118 valence electrons. The zero-order valence-corrected chi connectivity index (χ0v) is 14.3. The van der Waals surface area contributed by atoms with Gasteiger partial charge in [0.15, 0.2) is 0 Å². The van der Waals surface area contributed by atoms with Gasteiger partial charge in [-0.2, -0.15) is 0 Å². The largest absolute Gasteiger partial charge is 0.324 e. The Kier molecular flexibility index (Phi) is 8.74. The van der Waals surface area contributed by atoms with E-state index < -0.39 is 0 Å². The van der Waals surface area contributed by atoms with E-state index in [1.165, 1.54) is 0 Å². The molecule has 1 aromatic carbocycles. The quantitative estimate of drug-likeness (QED) is 0.703. The normalized spacial score (nSPS) is 10.9. The van der Waals surface area contributed by atoms with E-state index in [4.69, 9.17) is 23.2 Å². The van der Waals surface area contributed by atoms with Gasteiger partial charge in [-0.25, -0.2) is 0 Å². The summed E-state index contributed by atoms with van der Waals surface area (Å²) in [5.41, 5.74) is 0.608. The third-order valence-electron chi connectivity index (χ3n) is 3.23. The molecule has 1 aromatic rings. The first-order valence-electron chi connectivity index (χ1n) is 7.54. The van der Waals surface area contributed by atoms with Crippen molar-refractivity contribution in [3.8, 4) is 0 Å². The van der Waals surface area contributed by atoms with Crippen LogP contribution in [0.25, 0.3) is 0 Å². The molecule has 0 aliphatic rings. The van der Waals surface area contributed by atoms with E-state index in [2.05, 4.69) is 24.1 Å². The van der Waals surface area contributed by atoms with Crippen molar-refractivity contribution >= 4 is 34.8 Å². The molecule has 0 saturated heterocycles. The summed E-state index contributed by atoms with van der Waals surface area (Å²) >= 11 is 11.9. The fraction of sp³-hybridized carbons (Fsp3) is 0.562.